The number of esters is 3. The average Bonchev–Trinajstić information content (AvgIpc) is 3.02. The van der Waals surface area contributed by atoms with Gasteiger partial charge in [0.1, 0.15) is 19.3 Å². The van der Waals surface area contributed by atoms with E-state index < -0.39 is 34.4 Å². The van der Waals surface area contributed by atoms with Crippen LogP contribution in [0.5, 0.6) is 0 Å². The van der Waals surface area contributed by atoms with Gasteiger partial charge in [-0.2, -0.15) is 0 Å². The molecular formula is C19H17Cl5O6. The molecule has 0 spiro atoms. The molecule has 1 unspecified atom stereocenters. The molecule has 0 bridgehead atoms. The van der Waals surface area contributed by atoms with Crippen LogP contribution in [0.25, 0.3) is 0 Å². The van der Waals surface area contributed by atoms with Gasteiger partial charge in [0.25, 0.3) is 0 Å². The maximum atomic E-state index is 12.2. The molecule has 30 heavy (non-hydrogen) atoms. The van der Waals surface area contributed by atoms with Crippen molar-refractivity contribution in [1.29, 1.82) is 0 Å². The maximum absolute atomic E-state index is 12.2. The van der Waals surface area contributed by atoms with Crippen molar-refractivity contribution >= 4 is 75.9 Å². The lowest BCUT2D eigenvalue weighted by Crippen LogP contribution is -2.19. The molecule has 1 aliphatic carbocycles. The zero-order chi connectivity index (χ0) is 22.5. The largest absolute Gasteiger partial charge is 0.462 e. The summed E-state index contributed by atoms with van der Waals surface area (Å²) in [4.78, 5) is 35.6. The van der Waals surface area contributed by atoms with E-state index in [1.54, 1.807) is 12.1 Å². The Morgan fingerprint density at radius 1 is 1.10 bits per heavy atom. The van der Waals surface area contributed by atoms with Gasteiger partial charge in [-0.25, -0.2) is 4.79 Å². The molecule has 2 rings (SSSR count). The molecule has 0 heterocycles. The summed E-state index contributed by atoms with van der Waals surface area (Å²) in [7, 11) is 0. The van der Waals surface area contributed by atoms with Crippen molar-refractivity contribution in [3.05, 3.63) is 45.5 Å². The van der Waals surface area contributed by atoms with Gasteiger partial charge >= 0.3 is 17.9 Å². The van der Waals surface area contributed by atoms with Gasteiger partial charge in [0, 0.05) is 15.6 Å². The van der Waals surface area contributed by atoms with Crippen LogP contribution in [-0.2, 0) is 35.0 Å². The minimum Gasteiger partial charge on any atom is -0.462 e. The van der Waals surface area contributed by atoms with E-state index in [0.29, 0.717) is 22.9 Å². The summed E-state index contributed by atoms with van der Waals surface area (Å²) in [5, 5.41) is 0.971. The van der Waals surface area contributed by atoms with E-state index in [9.17, 15) is 14.4 Å². The Hall–Kier alpha value is -1.18. The predicted octanol–water partition coefficient (Wildman–Crippen LogP) is 5.32. The number of halogens is 5. The monoisotopic (exact) mass is 516 g/mol. The lowest BCUT2D eigenvalue weighted by Gasteiger charge is -2.14. The Morgan fingerprint density at radius 3 is 2.47 bits per heavy atom. The van der Waals surface area contributed by atoms with Crippen LogP contribution >= 0.6 is 58.0 Å². The SMILES string of the molecule is C=C(CC(=O)OC1CCc2c(Cl)cc(Cl)cc21)C(=O)OCCC(=O)OCC(Cl)(Cl)Cl. The number of hydrogen-bond donors (Lipinski definition) is 0. The summed E-state index contributed by atoms with van der Waals surface area (Å²) in [6, 6.07) is 3.34. The minimum atomic E-state index is -1.72. The normalized spacial score (nSPS) is 15.3. The van der Waals surface area contributed by atoms with Gasteiger partial charge in [-0.3, -0.25) is 9.59 Å². The topological polar surface area (TPSA) is 78.9 Å². The van der Waals surface area contributed by atoms with Crippen molar-refractivity contribution in [3.8, 4) is 0 Å². The lowest BCUT2D eigenvalue weighted by molar-refractivity contribution is -0.152. The van der Waals surface area contributed by atoms with Crippen LogP contribution in [0.2, 0.25) is 10.0 Å². The molecule has 1 aromatic rings. The zero-order valence-electron chi connectivity index (χ0n) is 15.5. The van der Waals surface area contributed by atoms with Gasteiger partial charge < -0.3 is 14.2 Å². The fourth-order valence-corrected chi connectivity index (χ4v) is 3.51. The van der Waals surface area contributed by atoms with E-state index in [4.69, 9.17) is 72.2 Å². The van der Waals surface area contributed by atoms with Gasteiger partial charge in [-0.15, -0.1) is 0 Å². The second-order valence-electron chi connectivity index (χ2n) is 6.41. The second kappa shape index (κ2) is 10.9. The van der Waals surface area contributed by atoms with Gasteiger partial charge in [0.05, 0.1) is 12.8 Å². The van der Waals surface area contributed by atoms with Gasteiger partial charge in [0.15, 0.2) is 0 Å². The van der Waals surface area contributed by atoms with Crippen molar-refractivity contribution in [2.75, 3.05) is 13.2 Å². The Kier molecular flexibility index (Phi) is 9.13. The summed E-state index contributed by atoms with van der Waals surface area (Å²) in [6.07, 6.45) is 0.108. The molecular weight excluding hydrogens is 501 g/mol. The standard InChI is InChI=1S/C19H17Cl5O6/c1-10(18(27)28-5-4-16(25)29-9-19(22,23)24)6-17(26)30-15-3-2-12-13(15)7-11(20)8-14(12)21/h7-8,15H,1-6,9H2. The number of hydrogen-bond acceptors (Lipinski definition) is 6. The maximum Gasteiger partial charge on any atom is 0.334 e. The molecule has 1 atom stereocenters. The molecule has 164 valence electrons. The molecule has 0 radical (unpaired) electrons. The fraction of sp³-hybridized carbons (Fsp3) is 0.421. The van der Waals surface area contributed by atoms with E-state index in [1.807, 2.05) is 0 Å². The number of fused-ring (bicyclic) bond motifs is 1. The van der Waals surface area contributed by atoms with Crippen molar-refractivity contribution in [1.82, 2.24) is 0 Å². The van der Waals surface area contributed by atoms with Crippen LogP contribution in [0.3, 0.4) is 0 Å². The molecule has 1 aliphatic rings. The molecule has 0 aromatic heterocycles. The summed E-state index contributed by atoms with van der Waals surface area (Å²) < 4.78 is 13.3. The smallest absolute Gasteiger partial charge is 0.334 e. The van der Waals surface area contributed by atoms with E-state index in [-0.39, 0.29) is 25.0 Å². The van der Waals surface area contributed by atoms with Crippen LogP contribution in [-0.4, -0.2) is 34.9 Å². The van der Waals surface area contributed by atoms with Crippen molar-refractivity contribution in [2.45, 2.75) is 35.6 Å². The fourth-order valence-electron chi connectivity index (χ4n) is 2.74. The van der Waals surface area contributed by atoms with E-state index in [1.165, 1.54) is 0 Å². The summed E-state index contributed by atoms with van der Waals surface area (Å²) in [5.74, 6) is -2.19. The predicted molar refractivity (Wildman–Crippen MR) is 114 cm³/mol. The molecule has 6 nitrogen and oxygen atoms in total. The van der Waals surface area contributed by atoms with Crippen molar-refractivity contribution < 1.29 is 28.6 Å². The Bertz CT molecular complexity index is 849. The first kappa shape index (κ1) is 25.1. The molecule has 0 aliphatic heterocycles. The quantitative estimate of drug-likeness (QED) is 0.201. The van der Waals surface area contributed by atoms with Crippen molar-refractivity contribution in [3.63, 3.8) is 0 Å². The summed E-state index contributed by atoms with van der Waals surface area (Å²) >= 11 is 28.5. The number of carbonyl (C=O) groups excluding carboxylic acids is 3. The van der Waals surface area contributed by atoms with Crippen LogP contribution in [0.4, 0.5) is 0 Å². The summed E-state index contributed by atoms with van der Waals surface area (Å²) in [5.41, 5.74) is 1.53. The highest BCUT2D eigenvalue weighted by molar-refractivity contribution is 6.67. The van der Waals surface area contributed by atoms with E-state index in [0.717, 1.165) is 11.1 Å². The Labute approximate surface area is 198 Å². The molecule has 0 fully saturated rings. The highest BCUT2D eigenvalue weighted by Gasteiger charge is 2.29. The first-order chi connectivity index (χ1) is 14.0. The van der Waals surface area contributed by atoms with Gasteiger partial charge in [-0.1, -0.05) is 64.6 Å². The Morgan fingerprint density at radius 2 is 1.80 bits per heavy atom. The highest BCUT2D eigenvalue weighted by Crippen LogP contribution is 2.40. The van der Waals surface area contributed by atoms with Gasteiger partial charge in [-0.05, 0) is 36.1 Å². The second-order valence-corrected chi connectivity index (χ2v) is 9.77. The third-order valence-corrected chi connectivity index (χ3v) is 4.94. The lowest BCUT2D eigenvalue weighted by atomic mass is 10.1. The number of ether oxygens (including phenoxy) is 3. The number of rotatable bonds is 8. The molecule has 0 saturated carbocycles. The molecule has 0 amide bonds. The van der Waals surface area contributed by atoms with Gasteiger partial charge in [0.2, 0.25) is 3.79 Å². The first-order valence-corrected chi connectivity index (χ1v) is 10.6. The first-order valence-electron chi connectivity index (χ1n) is 8.71. The number of alkyl halides is 3. The van der Waals surface area contributed by atoms with Crippen molar-refractivity contribution in [2.24, 2.45) is 0 Å². The van der Waals surface area contributed by atoms with E-state index in [2.05, 4.69) is 6.58 Å². The zero-order valence-corrected chi connectivity index (χ0v) is 19.3. The highest BCUT2D eigenvalue weighted by atomic mass is 35.6. The minimum absolute atomic E-state index is 0.114. The third kappa shape index (κ3) is 7.82. The van der Waals surface area contributed by atoms with E-state index >= 15 is 0 Å². The average molecular weight is 519 g/mol. The molecule has 0 N–H and O–H groups in total. The summed E-state index contributed by atoms with van der Waals surface area (Å²) in [6.45, 7) is 2.82. The van der Waals surface area contributed by atoms with Crippen LogP contribution in [0.15, 0.2) is 24.3 Å². The number of carbonyl (C=O) groups is 3. The van der Waals surface area contributed by atoms with Crippen LogP contribution in [0.1, 0.15) is 36.5 Å². The molecule has 0 saturated heterocycles. The van der Waals surface area contributed by atoms with Crippen LogP contribution < -0.4 is 0 Å². The Balaban J connectivity index is 1.75. The number of benzene rings is 1. The van der Waals surface area contributed by atoms with Crippen LogP contribution in [0, 0.1) is 0 Å². The molecule has 1 aromatic carbocycles. The third-order valence-electron chi connectivity index (χ3n) is 4.05. The molecule has 11 heteroatoms.